The molecule has 0 fully saturated rings. The van der Waals surface area contributed by atoms with Crippen molar-refractivity contribution in [3.05, 3.63) is 0 Å². The average molecular weight is 360 g/mol. The van der Waals surface area contributed by atoms with Gasteiger partial charge in [-0.15, -0.1) is 0 Å². The molecule has 0 saturated carbocycles. The third-order valence-electron chi connectivity index (χ3n) is 4.63. The number of hydrogen-bond donors (Lipinski definition) is 3. The minimum absolute atomic E-state index is 0.202. The lowest BCUT2D eigenvalue weighted by molar-refractivity contribution is -0.122. The molecule has 0 aromatic carbocycles. The Morgan fingerprint density at radius 2 is 1.25 bits per heavy atom. The Kier molecular flexibility index (Phi) is 12.7. The molecule has 0 rings (SSSR count). The van der Waals surface area contributed by atoms with Crippen molar-refractivity contribution in [2.45, 2.75) is 102 Å². The first-order valence-electron chi connectivity index (χ1n) is 9.75. The molecule has 3 N–H and O–H groups in total. The normalized spacial score (nSPS) is 12.4. The summed E-state index contributed by atoms with van der Waals surface area (Å²) in [4.78, 5) is 11.2. The van der Waals surface area contributed by atoms with Crippen molar-refractivity contribution in [3.63, 3.8) is 0 Å². The van der Waals surface area contributed by atoms with Gasteiger partial charge in [-0.3, -0.25) is 4.79 Å². The van der Waals surface area contributed by atoms with E-state index in [9.17, 15) is 15.0 Å². The van der Waals surface area contributed by atoms with Crippen molar-refractivity contribution < 1.29 is 15.0 Å². The van der Waals surface area contributed by atoms with Crippen molar-refractivity contribution in [1.29, 1.82) is 0 Å². The Labute approximate surface area is 150 Å². The summed E-state index contributed by atoms with van der Waals surface area (Å²) < 4.78 is 0. The van der Waals surface area contributed by atoms with Gasteiger partial charge in [0.25, 0.3) is 0 Å². The second-order valence-corrected chi connectivity index (χ2v) is 14.1. The third kappa shape index (κ3) is 13.0. The number of unbranched alkanes of at least 4 members (excludes halogenated alkanes) is 8. The Morgan fingerprint density at radius 1 is 0.833 bits per heavy atom. The Hall–Kier alpha value is -0.393. The molecule has 0 bridgehead atoms. The highest BCUT2D eigenvalue weighted by atomic mass is 28.3. The lowest BCUT2D eigenvalue weighted by Crippen LogP contribution is -2.53. The summed E-state index contributed by atoms with van der Waals surface area (Å²) in [6.07, 6.45) is 11.9. The van der Waals surface area contributed by atoms with E-state index in [1.807, 2.05) is 0 Å². The summed E-state index contributed by atoms with van der Waals surface area (Å²) in [6, 6.07) is 1.46. The number of aliphatic hydroxyl groups excluding tert-OH is 2. The van der Waals surface area contributed by atoms with E-state index in [-0.39, 0.29) is 19.1 Å². The molecule has 0 atom stereocenters. The highest BCUT2D eigenvalue weighted by molar-refractivity contribution is 6.76. The molecule has 4 nitrogen and oxygen atoms in total. The molecule has 0 aromatic rings. The van der Waals surface area contributed by atoms with Crippen LogP contribution in [0, 0.1) is 0 Å². The Morgan fingerprint density at radius 3 is 1.62 bits per heavy atom. The third-order valence-corrected chi connectivity index (χ3v) is 6.48. The molecule has 24 heavy (non-hydrogen) atoms. The van der Waals surface area contributed by atoms with Gasteiger partial charge in [-0.2, -0.15) is 0 Å². The van der Waals surface area contributed by atoms with E-state index < -0.39 is 13.6 Å². The minimum Gasteiger partial charge on any atom is -0.394 e. The van der Waals surface area contributed by atoms with Gasteiger partial charge in [0, 0.05) is 15.0 Å². The number of carbonyl (C=O) groups excluding carboxylic acids is 1. The first-order chi connectivity index (χ1) is 11.2. The Balaban J connectivity index is 3.57. The van der Waals surface area contributed by atoms with Gasteiger partial charge in [0.1, 0.15) is 0 Å². The highest BCUT2D eigenvalue weighted by Crippen LogP contribution is 2.18. The van der Waals surface area contributed by atoms with E-state index in [4.69, 9.17) is 0 Å². The summed E-state index contributed by atoms with van der Waals surface area (Å²) >= 11 is 0. The summed E-state index contributed by atoms with van der Waals surface area (Å²) in [5.41, 5.74) is -0.845. The molecule has 0 radical (unpaired) electrons. The van der Waals surface area contributed by atoms with Crippen LogP contribution in [0.2, 0.25) is 25.7 Å². The first kappa shape index (κ1) is 23.6. The summed E-state index contributed by atoms with van der Waals surface area (Å²) in [5.74, 6) is -0.202. The predicted octanol–water partition coefficient (Wildman–Crippen LogP) is 4.09. The first-order valence-corrected chi connectivity index (χ1v) is 13.5. The molecule has 0 heterocycles. The van der Waals surface area contributed by atoms with Crippen molar-refractivity contribution in [2.24, 2.45) is 0 Å². The van der Waals surface area contributed by atoms with Crippen molar-refractivity contribution in [1.82, 2.24) is 5.32 Å². The van der Waals surface area contributed by atoms with Gasteiger partial charge in [0.15, 0.2) is 0 Å². The molecule has 0 aromatic heterocycles. The summed E-state index contributed by atoms with van der Waals surface area (Å²) in [7, 11) is -0.842. The fraction of sp³-hybridized carbons (Fsp3) is 0.947. The molecule has 0 aliphatic rings. The van der Waals surface area contributed by atoms with Gasteiger partial charge in [-0.1, -0.05) is 83.5 Å². The standard InChI is InChI=1S/C19H41NO3Si/c1-18(23)20-19(16-21,17-22)14-12-10-8-6-5-7-9-11-13-15-24(2,3)4/h21-22H,5-17H2,1-4H3,(H,20,23). The van der Waals surface area contributed by atoms with E-state index >= 15 is 0 Å². The summed E-state index contributed by atoms with van der Waals surface area (Å²) in [6.45, 7) is 8.34. The van der Waals surface area contributed by atoms with Crippen LogP contribution < -0.4 is 5.32 Å². The smallest absolute Gasteiger partial charge is 0.217 e. The van der Waals surface area contributed by atoms with E-state index in [1.54, 1.807) is 0 Å². The molecule has 144 valence electrons. The van der Waals surface area contributed by atoms with Gasteiger partial charge >= 0.3 is 0 Å². The lowest BCUT2D eigenvalue weighted by Gasteiger charge is -2.30. The topological polar surface area (TPSA) is 69.6 Å². The van der Waals surface area contributed by atoms with Gasteiger partial charge in [-0.05, 0) is 6.42 Å². The van der Waals surface area contributed by atoms with Crippen LogP contribution in [0.3, 0.4) is 0 Å². The zero-order valence-corrected chi connectivity index (χ0v) is 17.5. The number of carbonyl (C=O) groups is 1. The van der Waals surface area contributed by atoms with Crippen molar-refractivity contribution in [3.8, 4) is 0 Å². The van der Waals surface area contributed by atoms with E-state index in [0.29, 0.717) is 6.42 Å². The molecule has 0 aliphatic carbocycles. The maximum Gasteiger partial charge on any atom is 0.217 e. The number of rotatable bonds is 15. The molecule has 1 amide bonds. The molecule has 0 unspecified atom stereocenters. The van der Waals surface area contributed by atoms with Crippen LogP contribution in [0.25, 0.3) is 0 Å². The molecule has 0 aliphatic heterocycles. The monoisotopic (exact) mass is 359 g/mol. The zero-order chi connectivity index (χ0) is 18.5. The Bertz CT molecular complexity index is 325. The molecule has 5 heteroatoms. The second-order valence-electron chi connectivity index (χ2n) is 8.52. The summed E-state index contributed by atoms with van der Waals surface area (Å²) in [5, 5.41) is 21.6. The van der Waals surface area contributed by atoms with Crippen LogP contribution in [0.15, 0.2) is 0 Å². The van der Waals surface area contributed by atoms with E-state index in [0.717, 1.165) is 12.8 Å². The van der Waals surface area contributed by atoms with Gasteiger partial charge in [0.2, 0.25) is 5.91 Å². The number of aliphatic hydroxyl groups is 2. The van der Waals surface area contributed by atoms with Crippen LogP contribution in [0.5, 0.6) is 0 Å². The van der Waals surface area contributed by atoms with Gasteiger partial charge in [0.05, 0.1) is 18.8 Å². The largest absolute Gasteiger partial charge is 0.394 e. The zero-order valence-electron chi connectivity index (χ0n) is 16.5. The maximum atomic E-state index is 11.2. The molecular formula is C19H41NO3Si. The fourth-order valence-electron chi connectivity index (χ4n) is 3.08. The van der Waals surface area contributed by atoms with Crippen LogP contribution in [0.1, 0.15) is 71.1 Å². The number of hydrogen-bond acceptors (Lipinski definition) is 3. The average Bonchev–Trinajstić information content (AvgIpc) is 2.50. The van der Waals surface area contributed by atoms with E-state index in [1.165, 1.54) is 57.9 Å². The van der Waals surface area contributed by atoms with Gasteiger partial charge in [-0.25, -0.2) is 0 Å². The minimum atomic E-state index is -0.845. The molecular weight excluding hydrogens is 318 g/mol. The maximum absolute atomic E-state index is 11.2. The van der Waals surface area contributed by atoms with E-state index in [2.05, 4.69) is 25.0 Å². The number of amides is 1. The van der Waals surface area contributed by atoms with Crippen LogP contribution >= 0.6 is 0 Å². The van der Waals surface area contributed by atoms with Crippen LogP contribution in [0.4, 0.5) is 0 Å². The SMILES string of the molecule is CC(=O)NC(CO)(CO)CCCCCCCCCCC[Si](C)(C)C. The van der Waals surface area contributed by atoms with Gasteiger partial charge < -0.3 is 15.5 Å². The lowest BCUT2D eigenvalue weighted by atomic mass is 9.93. The number of nitrogens with one attached hydrogen (secondary N) is 1. The molecule has 0 spiro atoms. The molecule has 0 saturated heterocycles. The quantitative estimate of drug-likeness (QED) is 0.305. The highest BCUT2D eigenvalue weighted by Gasteiger charge is 2.28. The van der Waals surface area contributed by atoms with Crippen LogP contribution in [-0.2, 0) is 4.79 Å². The fourth-order valence-corrected chi connectivity index (χ4v) is 4.39. The van der Waals surface area contributed by atoms with Crippen molar-refractivity contribution in [2.75, 3.05) is 13.2 Å². The second kappa shape index (κ2) is 12.9. The van der Waals surface area contributed by atoms with Crippen molar-refractivity contribution >= 4 is 14.0 Å². The van der Waals surface area contributed by atoms with Crippen LogP contribution in [-0.4, -0.2) is 42.9 Å². The predicted molar refractivity (Wildman–Crippen MR) is 105 cm³/mol.